The minimum Gasteiger partial charge on any atom is -0.481 e. The molecule has 1 aromatic carbocycles. The number of esters is 1. The zero-order valence-electron chi connectivity index (χ0n) is 9.91. The number of aliphatic carboxylic acids is 1. The number of hydrogen-bond donors (Lipinski definition) is 3. The van der Waals surface area contributed by atoms with E-state index < -0.39 is 23.9 Å². The Morgan fingerprint density at radius 1 is 1.16 bits per heavy atom. The van der Waals surface area contributed by atoms with Gasteiger partial charge in [0.25, 0.3) is 0 Å². The molecule has 0 aliphatic carbocycles. The van der Waals surface area contributed by atoms with Gasteiger partial charge in [-0.15, -0.1) is 0 Å². The first kappa shape index (κ1) is 14.7. The molecule has 0 radical (unpaired) electrons. The molecule has 0 saturated heterocycles. The fraction of sp³-hybridized carbons (Fsp3) is 0.250. The van der Waals surface area contributed by atoms with Gasteiger partial charge in [0.05, 0.1) is 5.56 Å². The second kappa shape index (κ2) is 6.50. The molecule has 4 N–H and O–H groups in total. The summed E-state index contributed by atoms with van der Waals surface area (Å²) < 4.78 is 4.89. The summed E-state index contributed by atoms with van der Waals surface area (Å²) in [5, 5.41) is 17.1. The number of benzene rings is 1. The Bertz CT molecular complexity index is 481. The van der Waals surface area contributed by atoms with Crippen LogP contribution in [0.3, 0.4) is 0 Å². The molecule has 0 unspecified atom stereocenters. The van der Waals surface area contributed by atoms with Gasteiger partial charge < -0.3 is 20.7 Å². The van der Waals surface area contributed by atoms with Gasteiger partial charge in [0.1, 0.15) is 11.8 Å². The fourth-order valence-electron chi connectivity index (χ4n) is 1.25. The average Bonchev–Trinajstić information content (AvgIpc) is 2.36. The maximum Gasteiger partial charge on any atom is 0.335 e. The summed E-state index contributed by atoms with van der Waals surface area (Å²) >= 11 is 0. The van der Waals surface area contributed by atoms with E-state index in [1.54, 1.807) is 0 Å². The van der Waals surface area contributed by atoms with Crippen molar-refractivity contribution < 1.29 is 29.3 Å². The lowest BCUT2D eigenvalue weighted by Gasteiger charge is -2.10. The van der Waals surface area contributed by atoms with Crippen molar-refractivity contribution in [2.75, 3.05) is 0 Å². The van der Waals surface area contributed by atoms with Crippen LogP contribution in [0.4, 0.5) is 0 Å². The highest BCUT2D eigenvalue weighted by atomic mass is 16.5. The summed E-state index contributed by atoms with van der Waals surface area (Å²) in [6.07, 6.45) is -0.254. The van der Waals surface area contributed by atoms with Gasteiger partial charge in [-0.2, -0.15) is 0 Å². The van der Waals surface area contributed by atoms with E-state index in [1.807, 2.05) is 0 Å². The molecule has 0 heterocycles. The Hall–Kier alpha value is -2.41. The molecule has 0 bridgehead atoms. The largest absolute Gasteiger partial charge is 0.481 e. The number of carboxylic acids is 2. The molecule has 1 rings (SSSR count). The van der Waals surface area contributed by atoms with Gasteiger partial charge >= 0.3 is 17.9 Å². The Labute approximate surface area is 108 Å². The molecular weight excluding hydrogens is 254 g/mol. The predicted octanol–water partition coefficient (Wildman–Crippen LogP) is 0.482. The molecule has 0 fully saturated rings. The third-order valence-corrected chi connectivity index (χ3v) is 2.29. The average molecular weight is 267 g/mol. The molecule has 0 saturated carbocycles. The van der Waals surface area contributed by atoms with Crippen LogP contribution in [0.15, 0.2) is 24.3 Å². The van der Waals surface area contributed by atoms with Crippen molar-refractivity contribution in [3.8, 4) is 5.75 Å². The highest BCUT2D eigenvalue weighted by Gasteiger charge is 2.17. The molecular formula is C12H13NO6. The maximum absolute atomic E-state index is 11.5. The zero-order valence-corrected chi connectivity index (χ0v) is 9.91. The number of hydrogen-bond acceptors (Lipinski definition) is 5. The minimum atomic E-state index is -1.09. The van der Waals surface area contributed by atoms with Crippen molar-refractivity contribution in [3.63, 3.8) is 0 Å². The van der Waals surface area contributed by atoms with Gasteiger partial charge in [0.2, 0.25) is 0 Å². The van der Waals surface area contributed by atoms with Gasteiger partial charge in [-0.05, 0) is 30.7 Å². The molecule has 0 amide bonds. The fourth-order valence-corrected chi connectivity index (χ4v) is 1.25. The molecule has 0 aliphatic heterocycles. The van der Waals surface area contributed by atoms with Crippen molar-refractivity contribution in [1.29, 1.82) is 0 Å². The van der Waals surface area contributed by atoms with Crippen molar-refractivity contribution in [2.24, 2.45) is 5.73 Å². The number of ether oxygens (including phenoxy) is 1. The third kappa shape index (κ3) is 4.76. The summed E-state index contributed by atoms with van der Waals surface area (Å²) in [7, 11) is 0. The number of nitrogens with two attached hydrogens (primary N) is 1. The lowest BCUT2D eigenvalue weighted by atomic mass is 10.2. The standard InChI is InChI=1S/C12H13NO6/c13-9(5-6-10(14)15)12(18)19-8-3-1-7(2-4-8)11(16)17/h1-4,9H,5-6,13H2,(H,14,15)(H,16,17)/t9-/m0/s1. The molecule has 7 nitrogen and oxygen atoms in total. The summed E-state index contributed by atoms with van der Waals surface area (Å²) in [6.45, 7) is 0. The van der Waals surface area contributed by atoms with Gasteiger partial charge in [-0.25, -0.2) is 9.59 Å². The first-order chi connectivity index (χ1) is 8.90. The topological polar surface area (TPSA) is 127 Å². The van der Waals surface area contributed by atoms with Crippen LogP contribution in [0.5, 0.6) is 5.75 Å². The maximum atomic E-state index is 11.5. The van der Waals surface area contributed by atoms with E-state index in [1.165, 1.54) is 24.3 Å². The van der Waals surface area contributed by atoms with E-state index in [4.69, 9.17) is 20.7 Å². The van der Waals surface area contributed by atoms with Gasteiger partial charge in [0.15, 0.2) is 0 Å². The smallest absolute Gasteiger partial charge is 0.335 e. The van der Waals surface area contributed by atoms with Gasteiger partial charge in [-0.3, -0.25) is 4.79 Å². The van der Waals surface area contributed by atoms with Gasteiger partial charge in [0, 0.05) is 6.42 Å². The Morgan fingerprint density at radius 3 is 2.21 bits per heavy atom. The van der Waals surface area contributed by atoms with Crippen molar-refractivity contribution >= 4 is 17.9 Å². The zero-order chi connectivity index (χ0) is 14.4. The first-order valence-electron chi connectivity index (χ1n) is 5.42. The minimum absolute atomic E-state index is 0.0264. The molecule has 0 spiro atoms. The second-order valence-electron chi connectivity index (χ2n) is 3.79. The summed E-state index contributed by atoms with van der Waals surface area (Å²) in [6, 6.07) is 4.19. The highest BCUT2D eigenvalue weighted by molar-refractivity contribution is 5.87. The molecule has 1 aromatic rings. The van der Waals surface area contributed by atoms with Crippen LogP contribution in [-0.2, 0) is 9.59 Å². The molecule has 0 aliphatic rings. The molecule has 0 aromatic heterocycles. The van der Waals surface area contributed by atoms with Crippen LogP contribution >= 0.6 is 0 Å². The van der Waals surface area contributed by atoms with Crippen molar-refractivity contribution in [1.82, 2.24) is 0 Å². The second-order valence-corrected chi connectivity index (χ2v) is 3.79. The van der Waals surface area contributed by atoms with Crippen LogP contribution in [-0.4, -0.2) is 34.2 Å². The molecule has 19 heavy (non-hydrogen) atoms. The Kier molecular flexibility index (Phi) is 5.01. The van der Waals surface area contributed by atoms with Crippen LogP contribution < -0.4 is 10.5 Å². The van der Waals surface area contributed by atoms with Crippen LogP contribution in [0.1, 0.15) is 23.2 Å². The molecule has 102 valence electrons. The Morgan fingerprint density at radius 2 is 1.74 bits per heavy atom. The molecule has 7 heteroatoms. The van der Waals surface area contributed by atoms with E-state index in [0.29, 0.717) is 0 Å². The van der Waals surface area contributed by atoms with Crippen molar-refractivity contribution in [2.45, 2.75) is 18.9 Å². The van der Waals surface area contributed by atoms with E-state index in [2.05, 4.69) is 0 Å². The lowest BCUT2D eigenvalue weighted by molar-refractivity contribution is -0.138. The van der Waals surface area contributed by atoms with Gasteiger partial charge in [-0.1, -0.05) is 0 Å². The number of aromatic carboxylic acids is 1. The van der Waals surface area contributed by atoms with E-state index in [-0.39, 0.29) is 24.2 Å². The normalized spacial score (nSPS) is 11.6. The number of carbonyl (C=O) groups excluding carboxylic acids is 1. The van der Waals surface area contributed by atoms with E-state index in [9.17, 15) is 14.4 Å². The Balaban J connectivity index is 2.56. The quantitative estimate of drug-likeness (QED) is 0.505. The van der Waals surface area contributed by atoms with E-state index in [0.717, 1.165) is 0 Å². The molecule has 1 atom stereocenters. The summed E-state index contributed by atoms with van der Waals surface area (Å²) in [4.78, 5) is 32.4. The number of carboxylic acid groups (broad SMARTS) is 2. The summed E-state index contributed by atoms with van der Waals surface area (Å²) in [5.41, 5.74) is 5.52. The lowest BCUT2D eigenvalue weighted by Crippen LogP contribution is -2.34. The monoisotopic (exact) mass is 267 g/mol. The van der Waals surface area contributed by atoms with Crippen LogP contribution in [0.25, 0.3) is 0 Å². The first-order valence-corrected chi connectivity index (χ1v) is 5.42. The van der Waals surface area contributed by atoms with Crippen LogP contribution in [0.2, 0.25) is 0 Å². The van der Waals surface area contributed by atoms with Crippen LogP contribution in [0, 0.1) is 0 Å². The number of carbonyl (C=O) groups is 3. The predicted molar refractivity (Wildman–Crippen MR) is 63.9 cm³/mol. The third-order valence-electron chi connectivity index (χ3n) is 2.29. The SMILES string of the molecule is N[C@@H](CCC(=O)O)C(=O)Oc1ccc(C(=O)O)cc1. The van der Waals surface area contributed by atoms with Crippen molar-refractivity contribution in [3.05, 3.63) is 29.8 Å². The highest BCUT2D eigenvalue weighted by Crippen LogP contribution is 2.13. The number of rotatable bonds is 6. The van der Waals surface area contributed by atoms with E-state index >= 15 is 0 Å². The summed E-state index contributed by atoms with van der Waals surface area (Å²) in [5.74, 6) is -2.74.